The quantitative estimate of drug-likeness (QED) is 0.158. The zero-order chi connectivity index (χ0) is 18.2. The number of oxime groups is 1. The molecule has 0 fully saturated rings. The van der Waals surface area contributed by atoms with Crippen molar-refractivity contribution >= 4 is 6.21 Å². The minimum absolute atomic E-state index is 0.185. The van der Waals surface area contributed by atoms with Gasteiger partial charge in [-0.2, -0.15) is 0 Å². The molecule has 142 valence electrons. The van der Waals surface area contributed by atoms with E-state index in [1.807, 2.05) is 6.07 Å². The van der Waals surface area contributed by atoms with Crippen LogP contribution in [0.2, 0.25) is 0 Å². The molecule has 0 bridgehead atoms. The van der Waals surface area contributed by atoms with Crippen LogP contribution in [0.15, 0.2) is 23.4 Å². The highest BCUT2D eigenvalue weighted by Gasteiger charge is 2.01. The maximum atomic E-state index is 9.82. The van der Waals surface area contributed by atoms with Gasteiger partial charge in [0.1, 0.15) is 5.75 Å². The average molecular weight is 348 g/mol. The van der Waals surface area contributed by atoms with Crippen molar-refractivity contribution in [3.63, 3.8) is 0 Å². The average Bonchev–Trinajstić information content (AvgIpc) is 2.61. The molecule has 25 heavy (non-hydrogen) atoms. The predicted molar refractivity (Wildman–Crippen MR) is 107 cm³/mol. The second kappa shape index (κ2) is 14.8. The first-order chi connectivity index (χ1) is 12.3. The molecule has 0 spiro atoms. The van der Waals surface area contributed by atoms with Gasteiger partial charge in [0.15, 0.2) is 0 Å². The zero-order valence-electron chi connectivity index (χ0n) is 16.1. The number of phenols is 1. The van der Waals surface area contributed by atoms with Gasteiger partial charge in [0.25, 0.3) is 0 Å². The Kier molecular flexibility index (Phi) is 12.7. The van der Waals surface area contributed by atoms with E-state index in [1.165, 1.54) is 89.7 Å². The van der Waals surface area contributed by atoms with Crippen LogP contribution in [0.3, 0.4) is 0 Å². The van der Waals surface area contributed by atoms with Crippen LogP contribution in [0.4, 0.5) is 0 Å². The summed E-state index contributed by atoms with van der Waals surface area (Å²) < 4.78 is 0. The summed E-state index contributed by atoms with van der Waals surface area (Å²) in [5.74, 6) is 0.185. The van der Waals surface area contributed by atoms with Gasteiger partial charge in [-0.05, 0) is 30.5 Å². The monoisotopic (exact) mass is 347 g/mol. The third kappa shape index (κ3) is 10.9. The maximum absolute atomic E-state index is 9.82. The van der Waals surface area contributed by atoms with Crippen molar-refractivity contribution in [2.45, 2.75) is 96.8 Å². The summed E-state index contributed by atoms with van der Waals surface area (Å²) in [5.41, 5.74) is 1.70. The minimum Gasteiger partial charge on any atom is -0.507 e. The molecule has 0 atom stereocenters. The Morgan fingerprint density at radius 1 is 0.800 bits per heavy atom. The molecule has 0 amide bonds. The van der Waals surface area contributed by atoms with E-state index in [-0.39, 0.29) is 5.75 Å². The van der Waals surface area contributed by atoms with E-state index < -0.39 is 0 Å². The van der Waals surface area contributed by atoms with Gasteiger partial charge in [-0.25, -0.2) is 0 Å². The lowest BCUT2D eigenvalue weighted by Crippen LogP contribution is -1.89. The van der Waals surface area contributed by atoms with E-state index in [4.69, 9.17) is 5.21 Å². The normalized spacial score (nSPS) is 11.4. The molecule has 1 aromatic carbocycles. The molecule has 1 aromatic rings. The molecule has 0 aromatic heterocycles. The van der Waals surface area contributed by atoms with E-state index in [0.29, 0.717) is 5.56 Å². The van der Waals surface area contributed by atoms with Gasteiger partial charge in [0, 0.05) is 5.56 Å². The highest BCUT2D eigenvalue weighted by atomic mass is 16.4. The van der Waals surface area contributed by atoms with Gasteiger partial charge < -0.3 is 10.3 Å². The van der Waals surface area contributed by atoms with Gasteiger partial charge in [-0.1, -0.05) is 95.2 Å². The topological polar surface area (TPSA) is 52.8 Å². The van der Waals surface area contributed by atoms with E-state index >= 15 is 0 Å². The SMILES string of the molecule is CCCCCCCCCCCCCCCc1ccc(/C=N\O)c(O)c1. The van der Waals surface area contributed by atoms with Gasteiger partial charge in [0.05, 0.1) is 6.21 Å². The number of hydrogen-bond acceptors (Lipinski definition) is 3. The van der Waals surface area contributed by atoms with Crippen LogP contribution in [0.1, 0.15) is 102 Å². The Labute approximate surface area is 154 Å². The van der Waals surface area contributed by atoms with Crippen molar-refractivity contribution in [2.75, 3.05) is 0 Å². The fourth-order valence-electron chi connectivity index (χ4n) is 3.26. The summed E-state index contributed by atoms with van der Waals surface area (Å²) in [6.07, 6.45) is 20.0. The van der Waals surface area contributed by atoms with Crippen molar-refractivity contribution in [1.82, 2.24) is 0 Å². The van der Waals surface area contributed by atoms with Crippen LogP contribution in [0.5, 0.6) is 5.75 Å². The summed E-state index contributed by atoms with van der Waals surface area (Å²) in [6, 6.07) is 5.57. The molecule has 0 unspecified atom stereocenters. The summed E-state index contributed by atoms with van der Waals surface area (Å²) in [6.45, 7) is 2.27. The van der Waals surface area contributed by atoms with Crippen molar-refractivity contribution in [1.29, 1.82) is 0 Å². The van der Waals surface area contributed by atoms with Crippen molar-refractivity contribution in [3.8, 4) is 5.75 Å². The molecule has 3 heteroatoms. The molecule has 0 aliphatic heterocycles. The van der Waals surface area contributed by atoms with E-state index in [2.05, 4.69) is 12.1 Å². The molecule has 0 aliphatic rings. The van der Waals surface area contributed by atoms with Crippen LogP contribution in [0.25, 0.3) is 0 Å². The lowest BCUT2D eigenvalue weighted by atomic mass is 10.0. The summed E-state index contributed by atoms with van der Waals surface area (Å²) >= 11 is 0. The third-order valence-electron chi connectivity index (χ3n) is 4.86. The Hall–Kier alpha value is -1.51. The standard InChI is InChI=1S/C22H37NO2/c1-2-3-4-5-6-7-8-9-10-11-12-13-14-15-20-16-17-21(19-23-25)22(24)18-20/h16-19,24-25H,2-15H2,1H3/b23-19-. The van der Waals surface area contributed by atoms with Crippen LogP contribution < -0.4 is 0 Å². The molecule has 3 nitrogen and oxygen atoms in total. The van der Waals surface area contributed by atoms with E-state index in [1.54, 1.807) is 12.1 Å². The summed E-state index contributed by atoms with van der Waals surface area (Å²) in [4.78, 5) is 0. The number of rotatable bonds is 15. The number of hydrogen-bond donors (Lipinski definition) is 2. The first-order valence-electron chi connectivity index (χ1n) is 10.3. The first kappa shape index (κ1) is 21.5. The second-order valence-corrected chi connectivity index (χ2v) is 7.13. The molecule has 0 saturated heterocycles. The lowest BCUT2D eigenvalue weighted by Gasteiger charge is -2.05. The van der Waals surface area contributed by atoms with Gasteiger partial charge >= 0.3 is 0 Å². The number of nitrogens with zero attached hydrogens (tertiary/aromatic N) is 1. The molecule has 0 radical (unpaired) electrons. The molecule has 0 heterocycles. The minimum atomic E-state index is 0.185. The predicted octanol–water partition coefficient (Wildman–Crippen LogP) is 6.83. The Morgan fingerprint density at radius 3 is 1.80 bits per heavy atom. The van der Waals surface area contributed by atoms with Crippen LogP contribution in [-0.2, 0) is 6.42 Å². The van der Waals surface area contributed by atoms with E-state index in [0.717, 1.165) is 12.0 Å². The molecule has 1 rings (SSSR count). The lowest BCUT2D eigenvalue weighted by molar-refractivity contribution is 0.321. The molecule has 0 aliphatic carbocycles. The van der Waals surface area contributed by atoms with Crippen LogP contribution in [-0.4, -0.2) is 16.5 Å². The summed E-state index contributed by atoms with van der Waals surface area (Å²) in [5, 5.41) is 21.3. The number of aromatic hydroxyl groups is 1. The molecule has 0 saturated carbocycles. The number of unbranched alkanes of at least 4 members (excludes halogenated alkanes) is 12. The maximum Gasteiger partial charge on any atom is 0.124 e. The van der Waals surface area contributed by atoms with Gasteiger partial charge in [0.2, 0.25) is 0 Å². The molecular formula is C22H37NO2. The number of aryl methyl sites for hydroxylation is 1. The van der Waals surface area contributed by atoms with Gasteiger partial charge in [-0.3, -0.25) is 0 Å². The Morgan fingerprint density at radius 2 is 1.32 bits per heavy atom. The van der Waals surface area contributed by atoms with Crippen LogP contribution >= 0.6 is 0 Å². The second-order valence-electron chi connectivity index (χ2n) is 7.13. The molecule has 2 N–H and O–H groups in total. The highest BCUT2D eigenvalue weighted by Crippen LogP contribution is 2.19. The van der Waals surface area contributed by atoms with Crippen molar-refractivity contribution in [3.05, 3.63) is 29.3 Å². The van der Waals surface area contributed by atoms with Gasteiger partial charge in [-0.15, -0.1) is 0 Å². The molecular weight excluding hydrogens is 310 g/mol. The largest absolute Gasteiger partial charge is 0.507 e. The fourth-order valence-corrected chi connectivity index (χ4v) is 3.26. The smallest absolute Gasteiger partial charge is 0.124 e. The Bertz CT molecular complexity index is 471. The van der Waals surface area contributed by atoms with Crippen LogP contribution in [0, 0.1) is 0 Å². The number of phenolic OH excluding ortho intramolecular Hbond substituents is 1. The number of benzene rings is 1. The van der Waals surface area contributed by atoms with Crippen molar-refractivity contribution < 1.29 is 10.3 Å². The zero-order valence-corrected chi connectivity index (χ0v) is 16.1. The summed E-state index contributed by atoms with van der Waals surface area (Å²) in [7, 11) is 0. The van der Waals surface area contributed by atoms with E-state index in [9.17, 15) is 5.11 Å². The fraction of sp³-hybridized carbons (Fsp3) is 0.682. The third-order valence-corrected chi connectivity index (χ3v) is 4.86. The first-order valence-corrected chi connectivity index (χ1v) is 10.3. The highest BCUT2D eigenvalue weighted by molar-refractivity contribution is 5.82. The Balaban J connectivity index is 1.94. The van der Waals surface area contributed by atoms with Crippen molar-refractivity contribution in [2.24, 2.45) is 5.16 Å².